The Morgan fingerprint density at radius 2 is 2.05 bits per heavy atom. The zero-order chi connectivity index (χ0) is 16.0. The van der Waals surface area contributed by atoms with Gasteiger partial charge in [0.1, 0.15) is 5.60 Å². The monoisotopic (exact) mass is 301 g/mol. The van der Waals surface area contributed by atoms with E-state index in [9.17, 15) is 14.7 Å². The highest BCUT2D eigenvalue weighted by Crippen LogP contribution is 2.23. The highest BCUT2D eigenvalue weighted by Gasteiger charge is 2.27. The van der Waals surface area contributed by atoms with E-state index >= 15 is 0 Å². The summed E-state index contributed by atoms with van der Waals surface area (Å²) in [5.74, 6) is -0.684. The van der Waals surface area contributed by atoms with Crippen LogP contribution in [-0.2, 0) is 9.53 Å². The number of aliphatic hydroxyl groups excluding tert-OH is 1. The lowest BCUT2D eigenvalue weighted by Crippen LogP contribution is -2.43. The average Bonchev–Trinajstić information content (AvgIpc) is 2.34. The van der Waals surface area contributed by atoms with Crippen molar-refractivity contribution in [1.82, 2.24) is 4.90 Å². The molecule has 6 nitrogen and oxygen atoms in total. The van der Waals surface area contributed by atoms with Crippen molar-refractivity contribution < 1.29 is 24.5 Å². The Labute approximate surface area is 126 Å². The minimum absolute atomic E-state index is 0.220. The van der Waals surface area contributed by atoms with Gasteiger partial charge in [-0.15, -0.1) is 0 Å². The number of aliphatic hydroxyl groups is 1. The number of amides is 1. The Bertz CT molecular complexity index is 364. The van der Waals surface area contributed by atoms with Crippen LogP contribution < -0.4 is 0 Å². The van der Waals surface area contributed by atoms with E-state index in [1.165, 1.54) is 0 Å². The summed E-state index contributed by atoms with van der Waals surface area (Å²) in [5, 5.41) is 18.2. The first-order valence-electron chi connectivity index (χ1n) is 7.55. The second kappa shape index (κ2) is 7.64. The third kappa shape index (κ3) is 7.32. The van der Waals surface area contributed by atoms with Gasteiger partial charge in [0.2, 0.25) is 0 Å². The van der Waals surface area contributed by atoms with E-state index in [0.717, 1.165) is 19.3 Å². The van der Waals surface area contributed by atoms with Crippen molar-refractivity contribution in [3.05, 3.63) is 0 Å². The molecule has 1 aliphatic heterocycles. The summed E-state index contributed by atoms with van der Waals surface area (Å²) in [6, 6.07) is 0. The van der Waals surface area contributed by atoms with Gasteiger partial charge in [-0.1, -0.05) is 0 Å². The molecule has 122 valence electrons. The van der Waals surface area contributed by atoms with Gasteiger partial charge in [-0.2, -0.15) is 0 Å². The Hall–Kier alpha value is -1.30. The number of hydrogen-bond donors (Lipinski definition) is 2. The van der Waals surface area contributed by atoms with E-state index in [4.69, 9.17) is 9.84 Å². The zero-order valence-corrected chi connectivity index (χ0v) is 13.2. The van der Waals surface area contributed by atoms with Gasteiger partial charge in [-0.3, -0.25) is 4.79 Å². The molecule has 0 aromatic heterocycles. The van der Waals surface area contributed by atoms with Crippen LogP contribution in [0.25, 0.3) is 0 Å². The maximum absolute atomic E-state index is 12.0. The van der Waals surface area contributed by atoms with Gasteiger partial charge in [0.15, 0.2) is 0 Å². The van der Waals surface area contributed by atoms with Crippen LogP contribution in [0.4, 0.5) is 4.79 Å². The number of piperidine rings is 1. The fourth-order valence-corrected chi connectivity index (χ4v) is 2.52. The third-order valence-electron chi connectivity index (χ3n) is 3.49. The normalized spacial score (nSPS) is 21.0. The quantitative estimate of drug-likeness (QED) is 0.813. The van der Waals surface area contributed by atoms with Crippen LogP contribution in [0, 0.1) is 5.92 Å². The maximum Gasteiger partial charge on any atom is 0.410 e. The second-order valence-electron chi connectivity index (χ2n) is 6.76. The molecule has 1 rings (SSSR count). The van der Waals surface area contributed by atoms with Crippen molar-refractivity contribution in [2.45, 2.75) is 64.6 Å². The molecule has 2 N–H and O–H groups in total. The fraction of sp³-hybridized carbons (Fsp3) is 0.867. The molecule has 2 atom stereocenters. The molecule has 0 spiro atoms. The van der Waals surface area contributed by atoms with Crippen LogP contribution >= 0.6 is 0 Å². The minimum Gasteiger partial charge on any atom is -0.481 e. The summed E-state index contributed by atoms with van der Waals surface area (Å²) < 4.78 is 5.36. The molecule has 1 aliphatic rings. The van der Waals surface area contributed by atoms with Crippen LogP contribution in [0.5, 0.6) is 0 Å². The number of carboxylic acids is 1. The van der Waals surface area contributed by atoms with E-state index in [1.54, 1.807) is 4.90 Å². The molecule has 1 fully saturated rings. The Kier molecular flexibility index (Phi) is 6.45. The molecule has 1 amide bonds. The zero-order valence-electron chi connectivity index (χ0n) is 13.2. The van der Waals surface area contributed by atoms with Crippen molar-refractivity contribution in [1.29, 1.82) is 0 Å². The molecule has 0 saturated carbocycles. The molecule has 0 bridgehead atoms. The SMILES string of the molecule is CC(C)(C)OC(=O)N1CCCC(CC[C@H](O)CC(=O)O)C1. The van der Waals surface area contributed by atoms with E-state index in [2.05, 4.69) is 0 Å². The fourth-order valence-electron chi connectivity index (χ4n) is 2.52. The summed E-state index contributed by atoms with van der Waals surface area (Å²) in [6.07, 6.45) is 1.78. The molecule has 0 radical (unpaired) electrons. The summed E-state index contributed by atoms with van der Waals surface area (Å²) in [7, 11) is 0. The first kappa shape index (κ1) is 17.8. The van der Waals surface area contributed by atoms with Gasteiger partial charge in [-0.25, -0.2) is 4.79 Å². The van der Waals surface area contributed by atoms with Crippen LogP contribution in [0.2, 0.25) is 0 Å². The number of nitrogens with zero attached hydrogens (tertiary/aromatic N) is 1. The van der Waals surface area contributed by atoms with E-state index in [-0.39, 0.29) is 12.5 Å². The Balaban J connectivity index is 2.38. The standard InChI is InChI=1S/C15H27NO5/c1-15(2,3)21-14(20)16-8-4-5-11(10-16)6-7-12(17)9-13(18)19/h11-12,17H,4-10H2,1-3H3,(H,18,19)/t11?,12-/m0/s1. The van der Waals surface area contributed by atoms with Gasteiger partial charge >= 0.3 is 12.1 Å². The van der Waals surface area contributed by atoms with E-state index in [1.807, 2.05) is 20.8 Å². The minimum atomic E-state index is -0.985. The smallest absolute Gasteiger partial charge is 0.410 e. The highest BCUT2D eigenvalue weighted by atomic mass is 16.6. The van der Waals surface area contributed by atoms with Crippen molar-refractivity contribution >= 4 is 12.1 Å². The highest BCUT2D eigenvalue weighted by molar-refractivity contribution is 5.68. The summed E-state index contributed by atoms with van der Waals surface area (Å²) in [5.41, 5.74) is -0.498. The lowest BCUT2D eigenvalue weighted by atomic mass is 9.92. The molecule has 0 aromatic rings. The molecule has 1 heterocycles. The largest absolute Gasteiger partial charge is 0.481 e. The average molecular weight is 301 g/mol. The number of likely N-dealkylation sites (tertiary alicyclic amines) is 1. The molecule has 0 aromatic carbocycles. The summed E-state index contributed by atoms with van der Waals surface area (Å²) in [4.78, 5) is 24.2. The molecular formula is C15H27NO5. The molecular weight excluding hydrogens is 274 g/mol. The molecule has 21 heavy (non-hydrogen) atoms. The molecule has 0 aliphatic carbocycles. The Morgan fingerprint density at radius 1 is 1.38 bits per heavy atom. The first-order chi connectivity index (χ1) is 9.67. The lowest BCUT2D eigenvalue weighted by molar-refractivity contribution is -0.139. The predicted molar refractivity (Wildman–Crippen MR) is 78.0 cm³/mol. The van der Waals surface area contributed by atoms with Gasteiger partial charge < -0.3 is 19.8 Å². The van der Waals surface area contributed by atoms with Gasteiger partial charge in [0.25, 0.3) is 0 Å². The van der Waals surface area contributed by atoms with Crippen molar-refractivity contribution in [2.24, 2.45) is 5.92 Å². The number of hydrogen-bond acceptors (Lipinski definition) is 4. The van der Waals surface area contributed by atoms with Gasteiger partial charge in [-0.05, 0) is 52.4 Å². The lowest BCUT2D eigenvalue weighted by Gasteiger charge is -2.34. The number of carboxylic acid groups (broad SMARTS) is 1. The number of carbonyl (C=O) groups is 2. The van der Waals surface area contributed by atoms with E-state index in [0.29, 0.717) is 25.4 Å². The van der Waals surface area contributed by atoms with Crippen LogP contribution in [0.3, 0.4) is 0 Å². The number of aliphatic carboxylic acids is 1. The van der Waals surface area contributed by atoms with E-state index < -0.39 is 17.7 Å². The van der Waals surface area contributed by atoms with Crippen molar-refractivity contribution in [2.75, 3.05) is 13.1 Å². The summed E-state index contributed by atoms with van der Waals surface area (Å²) >= 11 is 0. The number of rotatable bonds is 5. The van der Waals surface area contributed by atoms with Crippen LogP contribution in [-0.4, -0.2) is 52.0 Å². The maximum atomic E-state index is 12.0. The topological polar surface area (TPSA) is 87.1 Å². The third-order valence-corrected chi connectivity index (χ3v) is 3.49. The Morgan fingerprint density at radius 3 is 2.62 bits per heavy atom. The van der Waals surface area contributed by atoms with Crippen molar-refractivity contribution in [3.8, 4) is 0 Å². The molecule has 1 unspecified atom stereocenters. The molecule has 1 saturated heterocycles. The second-order valence-corrected chi connectivity index (χ2v) is 6.76. The van der Waals surface area contributed by atoms with Crippen LogP contribution in [0.1, 0.15) is 52.9 Å². The summed E-state index contributed by atoms with van der Waals surface area (Å²) in [6.45, 7) is 6.84. The van der Waals surface area contributed by atoms with Crippen molar-refractivity contribution in [3.63, 3.8) is 0 Å². The van der Waals surface area contributed by atoms with Crippen LogP contribution in [0.15, 0.2) is 0 Å². The molecule has 6 heteroatoms. The first-order valence-corrected chi connectivity index (χ1v) is 7.55. The van der Waals surface area contributed by atoms with Gasteiger partial charge in [0, 0.05) is 13.1 Å². The predicted octanol–water partition coefficient (Wildman–Crippen LogP) is 2.25. The number of ether oxygens (including phenoxy) is 1. The number of carbonyl (C=O) groups excluding carboxylic acids is 1. The van der Waals surface area contributed by atoms with Gasteiger partial charge in [0.05, 0.1) is 12.5 Å².